The van der Waals surface area contributed by atoms with Crippen molar-refractivity contribution < 1.29 is 13.2 Å². The summed E-state index contributed by atoms with van der Waals surface area (Å²) in [5, 5.41) is 6.50. The summed E-state index contributed by atoms with van der Waals surface area (Å²) >= 11 is 0. The summed E-state index contributed by atoms with van der Waals surface area (Å²) in [6, 6.07) is 18.5. The minimum atomic E-state index is -3.33. The van der Waals surface area contributed by atoms with Gasteiger partial charge in [0.15, 0.2) is 0 Å². The predicted molar refractivity (Wildman–Crippen MR) is 119 cm³/mol. The number of rotatable bonds is 9. The van der Waals surface area contributed by atoms with Crippen molar-refractivity contribution in [2.45, 2.75) is 13.0 Å². The number of amides is 1. The Morgan fingerprint density at radius 1 is 1.03 bits per heavy atom. The third-order valence-electron chi connectivity index (χ3n) is 4.14. The van der Waals surface area contributed by atoms with Crippen molar-refractivity contribution in [3.05, 3.63) is 78.0 Å². The molecule has 0 atom stereocenters. The number of primary amides is 1. The molecule has 8 nitrogen and oxygen atoms in total. The Bertz CT molecular complexity index is 1120. The van der Waals surface area contributed by atoms with Crippen molar-refractivity contribution in [3.63, 3.8) is 0 Å². The van der Waals surface area contributed by atoms with E-state index < -0.39 is 15.9 Å². The average Bonchev–Trinajstić information content (AvgIpc) is 2.69. The molecule has 0 aliphatic carbocycles. The van der Waals surface area contributed by atoms with Gasteiger partial charge in [0, 0.05) is 41.4 Å². The topological polar surface area (TPSA) is 126 Å². The van der Waals surface area contributed by atoms with E-state index in [1.807, 2.05) is 36.4 Å². The van der Waals surface area contributed by atoms with Crippen molar-refractivity contribution in [1.82, 2.24) is 4.98 Å². The zero-order valence-electron chi connectivity index (χ0n) is 16.4. The minimum Gasteiger partial charge on any atom is -0.381 e. The van der Waals surface area contributed by atoms with Gasteiger partial charge in [-0.3, -0.25) is 9.52 Å². The highest BCUT2D eigenvalue weighted by Crippen LogP contribution is 2.24. The summed E-state index contributed by atoms with van der Waals surface area (Å²) in [5.74, 6) is 0.136. The average molecular weight is 426 g/mol. The quantitative estimate of drug-likeness (QED) is 0.418. The van der Waals surface area contributed by atoms with Gasteiger partial charge in [0.2, 0.25) is 15.9 Å². The Morgan fingerprint density at radius 2 is 1.70 bits per heavy atom. The van der Waals surface area contributed by atoms with Gasteiger partial charge in [0.05, 0.1) is 12.7 Å². The lowest BCUT2D eigenvalue weighted by Crippen LogP contribution is -2.15. The first kappa shape index (κ1) is 21.1. The van der Waals surface area contributed by atoms with Crippen LogP contribution in [0.3, 0.4) is 0 Å². The van der Waals surface area contributed by atoms with Crippen molar-refractivity contribution in [2.75, 3.05) is 21.6 Å². The fourth-order valence-electron chi connectivity index (χ4n) is 2.82. The van der Waals surface area contributed by atoms with E-state index in [0.29, 0.717) is 23.6 Å². The first-order valence-electron chi connectivity index (χ1n) is 9.18. The van der Waals surface area contributed by atoms with Crippen molar-refractivity contribution in [1.29, 1.82) is 0 Å². The van der Waals surface area contributed by atoms with Crippen LogP contribution < -0.4 is 21.1 Å². The van der Waals surface area contributed by atoms with Gasteiger partial charge < -0.3 is 16.4 Å². The molecular formula is C21H23N5O3S. The lowest BCUT2D eigenvalue weighted by molar-refractivity contribution is -0.117. The second-order valence-electron chi connectivity index (χ2n) is 6.79. The molecule has 0 bridgehead atoms. The molecule has 1 aromatic heterocycles. The Kier molecular flexibility index (Phi) is 6.53. The van der Waals surface area contributed by atoms with Gasteiger partial charge in [-0.2, -0.15) is 0 Å². The van der Waals surface area contributed by atoms with E-state index >= 15 is 0 Å². The number of carbonyl (C=O) groups excluding carboxylic acids is 1. The number of anilines is 4. The molecule has 0 saturated carbocycles. The number of hydrogen-bond donors (Lipinski definition) is 4. The molecule has 30 heavy (non-hydrogen) atoms. The summed E-state index contributed by atoms with van der Waals surface area (Å²) in [4.78, 5) is 15.8. The van der Waals surface area contributed by atoms with Gasteiger partial charge in [-0.1, -0.05) is 30.3 Å². The molecule has 5 N–H and O–H groups in total. The van der Waals surface area contributed by atoms with Gasteiger partial charge in [0.1, 0.15) is 5.82 Å². The molecular weight excluding hydrogens is 402 g/mol. The molecule has 0 unspecified atom stereocenters. The number of nitrogens with one attached hydrogen (secondary N) is 3. The third kappa shape index (κ3) is 6.49. The molecule has 1 amide bonds. The minimum absolute atomic E-state index is 0.0796. The lowest BCUT2D eigenvalue weighted by Gasteiger charge is -2.14. The van der Waals surface area contributed by atoms with Crippen molar-refractivity contribution >= 4 is 38.8 Å². The predicted octanol–water partition coefficient (Wildman–Crippen LogP) is 2.84. The normalized spacial score (nSPS) is 11.0. The highest BCUT2D eigenvalue weighted by molar-refractivity contribution is 7.92. The van der Waals surface area contributed by atoms with Crippen LogP contribution in [0.5, 0.6) is 0 Å². The van der Waals surface area contributed by atoms with Gasteiger partial charge in [0.25, 0.3) is 0 Å². The van der Waals surface area contributed by atoms with Crippen LogP contribution in [-0.2, 0) is 27.8 Å². The lowest BCUT2D eigenvalue weighted by atomic mass is 10.1. The van der Waals surface area contributed by atoms with Crippen LogP contribution in [-0.4, -0.2) is 25.6 Å². The van der Waals surface area contributed by atoms with Crippen LogP contribution >= 0.6 is 0 Å². The number of carbonyl (C=O) groups is 1. The fourth-order valence-corrected chi connectivity index (χ4v) is 3.39. The number of pyridine rings is 1. The highest BCUT2D eigenvalue weighted by Gasteiger charge is 2.09. The molecule has 3 rings (SSSR count). The molecule has 0 aliphatic heterocycles. The number of aromatic nitrogens is 1. The summed E-state index contributed by atoms with van der Waals surface area (Å²) in [6.07, 6.45) is 2.79. The van der Waals surface area contributed by atoms with E-state index in [1.165, 1.54) is 0 Å². The van der Waals surface area contributed by atoms with Gasteiger partial charge in [-0.05, 0) is 29.8 Å². The van der Waals surface area contributed by atoms with Crippen LogP contribution in [0.25, 0.3) is 0 Å². The first-order valence-corrected chi connectivity index (χ1v) is 11.1. The molecule has 0 spiro atoms. The monoisotopic (exact) mass is 425 g/mol. The fraction of sp³-hybridized carbons (Fsp3) is 0.143. The van der Waals surface area contributed by atoms with E-state index in [2.05, 4.69) is 20.3 Å². The molecule has 156 valence electrons. The summed E-state index contributed by atoms with van der Waals surface area (Å²) < 4.78 is 25.0. The first-order chi connectivity index (χ1) is 14.3. The Hall–Kier alpha value is -3.59. The molecule has 3 aromatic rings. The number of sulfonamides is 1. The molecule has 1 heterocycles. The summed E-state index contributed by atoms with van der Waals surface area (Å²) in [7, 11) is -3.33. The highest BCUT2D eigenvalue weighted by atomic mass is 32.2. The van der Waals surface area contributed by atoms with Crippen LogP contribution in [0.1, 0.15) is 11.1 Å². The standard InChI is InChI=1S/C21H23N5O3S/c1-30(28,29)26-18-9-7-17(8-10-18)25-21-12-19(16(14-24-21)11-20(22)27)23-13-15-5-3-2-4-6-15/h2-10,12,14,26H,11,13H2,1H3,(H2,22,27)(H2,23,24,25). The van der Waals surface area contributed by atoms with Crippen LogP contribution in [0, 0.1) is 0 Å². The van der Waals surface area contributed by atoms with E-state index in [-0.39, 0.29) is 6.42 Å². The van der Waals surface area contributed by atoms with E-state index in [0.717, 1.165) is 23.2 Å². The molecule has 0 fully saturated rings. The summed E-state index contributed by atoms with van der Waals surface area (Å²) in [5.41, 5.74) is 9.13. The van der Waals surface area contributed by atoms with E-state index in [9.17, 15) is 13.2 Å². The Morgan fingerprint density at radius 3 is 2.33 bits per heavy atom. The number of benzene rings is 2. The second-order valence-corrected chi connectivity index (χ2v) is 8.53. The number of nitrogens with zero attached hydrogens (tertiary/aromatic N) is 1. The number of nitrogens with two attached hydrogens (primary N) is 1. The van der Waals surface area contributed by atoms with E-state index in [4.69, 9.17) is 5.73 Å². The van der Waals surface area contributed by atoms with Gasteiger partial charge in [-0.25, -0.2) is 13.4 Å². The molecule has 0 saturated heterocycles. The molecule has 2 aromatic carbocycles. The van der Waals surface area contributed by atoms with Gasteiger partial charge in [-0.15, -0.1) is 0 Å². The molecule has 9 heteroatoms. The third-order valence-corrected chi connectivity index (χ3v) is 4.74. The SMILES string of the molecule is CS(=O)(=O)Nc1ccc(Nc2cc(NCc3ccccc3)c(CC(N)=O)cn2)cc1. The molecule has 0 aliphatic rings. The van der Waals surface area contributed by atoms with Crippen molar-refractivity contribution in [3.8, 4) is 0 Å². The second kappa shape index (κ2) is 9.27. The Balaban J connectivity index is 1.76. The smallest absolute Gasteiger partial charge is 0.229 e. The zero-order chi connectivity index (χ0) is 21.6. The maximum Gasteiger partial charge on any atom is 0.229 e. The maximum atomic E-state index is 11.4. The van der Waals surface area contributed by atoms with E-state index in [1.54, 1.807) is 30.5 Å². The van der Waals surface area contributed by atoms with Crippen LogP contribution in [0.15, 0.2) is 66.9 Å². The van der Waals surface area contributed by atoms with Gasteiger partial charge >= 0.3 is 0 Å². The maximum absolute atomic E-state index is 11.4. The van der Waals surface area contributed by atoms with Crippen molar-refractivity contribution in [2.24, 2.45) is 5.73 Å². The summed E-state index contributed by atoms with van der Waals surface area (Å²) in [6.45, 7) is 0.585. The zero-order valence-corrected chi connectivity index (χ0v) is 17.2. The van der Waals surface area contributed by atoms with Crippen LogP contribution in [0.2, 0.25) is 0 Å². The Labute approximate surface area is 175 Å². The molecule has 0 radical (unpaired) electrons. The van der Waals surface area contributed by atoms with Crippen LogP contribution in [0.4, 0.5) is 22.9 Å². The largest absolute Gasteiger partial charge is 0.381 e. The number of hydrogen-bond acceptors (Lipinski definition) is 6.